The fourth-order valence-corrected chi connectivity index (χ4v) is 4.21. The number of likely N-dealkylation sites (tertiary alicyclic amines) is 1. The molecular formula is C24H33N3O3S. The van der Waals surface area contributed by atoms with Gasteiger partial charge in [0.15, 0.2) is 16.6 Å². The number of nitrogens with zero attached hydrogens (tertiary/aromatic N) is 1. The Morgan fingerprint density at radius 1 is 1.00 bits per heavy atom. The molecule has 168 valence electrons. The molecule has 0 aliphatic carbocycles. The lowest BCUT2D eigenvalue weighted by Crippen LogP contribution is -2.45. The fourth-order valence-electron chi connectivity index (χ4n) is 3.93. The zero-order valence-corrected chi connectivity index (χ0v) is 19.9. The van der Waals surface area contributed by atoms with Gasteiger partial charge in [-0.25, -0.2) is 0 Å². The van der Waals surface area contributed by atoms with Crippen LogP contribution in [0.25, 0.3) is 0 Å². The topological polar surface area (TPSA) is 55.0 Å². The highest BCUT2D eigenvalue weighted by Gasteiger charge is 2.21. The van der Waals surface area contributed by atoms with Crippen LogP contribution >= 0.6 is 12.2 Å². The van der Waals surface area contributed by atoms with Gasteiger partial charge >= 0.3 is 0 Å². The van der Waals surface area contributed by atoms with Gasteiger partial charge in [0.05, 0.1) is 21.3 Å². The highest BCUT2D eigenvalue weighted by Crippen LogP contribution is 2.38. The van der Waals surface area contributed by atoms with Crippen LogP contribution in [0.5, 0.6) is 17.2 Å². The van der Waals surface area contributed by atoms with E-state index in [0.717, 1.165) is 43.7 Å². The van der Waals surface area contributed by atoms with E-state index in [1.165, 1.54) is 11.1 Å². The van der Waals surface area contributed by atoms with Crippen molar-refractivity contribution < 1.29 is 14.2 Å². The van der Waals surface area contributed by atoms with Crippen molar-refractivity contribution in [2.75, 3.05) is 39.7 Å². The minimum absolute atomic E-state index is 0.376. The molecule has 0 radical (unpaired) electrons. The van der Waals surface area contributed by atoms with Gasteiger partial charge in [0.1, 0.15) is 0 Å². The summed E-state index contributed by atoms with van der Waals surface area (Å²) in [6, 6.07) is 10.8. The Morgan fingerprint density at radius 2 is 1.65 bits per heavy atom. The highest BCUT2D eigenvalue weighted by molar-refractivity contribution is 7.80. The van der Waals surface area contributed by atoms with Gasteiger partial charge in [-0.05, 0) is 73.8 Å². The normalized spacial score (nSPS) is 14.7. The van der Waals surface area contributed by atoms with Gasteiger partial charge in [0.25, 0.3) is 0 Å². The number of piperidine rings is 1. The molecule has 31 heavy (non-hydrogen) atoms. The average Bonchev–Trinajstić information content (AvgIpc) is 2.76. The van der Waals surface area contributed by atoms with Crippen LogP contribution in [0.3, 0.4) is 0 Å². The fraction of sp³-hybridized carbons (Fsp3) is 0.458. The average molecular weight is 444 g/mol. The molecule has 1 heterocycles. The van der Waals surface area contributed by atoms with E-state index < -0.39 is 0 Å². The van der Waals surface area contributed by atoms with E-state index in [0.29, 0.717) is 28.4 Å². The number of methoxy groups -OCH3 is 3. The van der Waals surface area contributed by atoms with Crippen LogP contribution < -0.4 is 24.8 Å². The number of anilines is 1. The van der Waals surface area contributed by atoms with Crippen LogP contribution in [0.4, 0.5) is 5.69 Å². The Balaban J connectivity index is 1.53. The summed E-state index contributed by atoms with van der Waals surface area (Å²) >= 11 is 5.56. The maximum Gasteiger partial charge on any atom is 0.203 e. The number of aryl methyl sites for hydroxylation is 2. The maximum atomic E-state index is 5.56. The van der Waals surface area contributed by atoms with Crippen molar-refractivity contribution in [3.05, 3.63) is 47.0 Å². The molecule has 0 bridgehead atoms. The molecule has 0 unspecified atom stereocenters. The maximum absolute atomic E-state index is 5.56. The summed E-state index contributed by atoms with van der Waals surface area (Å²) in [4.78, 5) is 2.44. The smallest absolute Gasteiger partial charge is 0.203 e. The zero-order chi connectivity index (χ0) is 22.4. The van der Waals surface area contributed by atoms with E-state index in [9.17, 15) is 0 Å². The van der Waals surface area contributed by atoms with Crippen LogP contribution in [-0.4, -0.2) is 50.5 Å². The van der Waals surface area contributed by atoms with E-state index in [2.05, 4.69) is 47.6 Å². The summed E-state index contributed by atoms with van der Waals surface area (Å²) in [7, 11) is 4.91. The molecule has 1 fully saturated rings. The predicted molar refractivity (Wildman–Crippen MR) is 130 cm³/mol. The molecule has 1 aliphatic heterocycles. The van der Waals surface area contributed by atoms with Crippen LogP contribution in [0.1, 0.15) is 29.5 Å². The summed E-state index contributed by atoms with van der Waals surface area (Å²) in [6.45, 7) is 7.02. The van der Waals surface area contributed by atoms with Gasteiger partial charge in [-0.15, -0.1) is 0 Å². The zero-order valence-electron chi connectivity index (χ0n) is 19.1. The van der Waals surface area contributed by atoms with Gasteiger partial charge in [0, 0.05) is 31.4 Å². The second-order valence-corrected chi connectivity index (χ2v) is 8.41. The summed E-state index contributed by atoms with van der Waals surface area (Å²) < 4.78 is 16.4. The van der Waals surface area contributed by atoms with Crippen LogP contribution in [0.2, 0.25) is 0 Å². The van der Waals surface area contributed by atoms with E-state index in [1.54, 1.807) is 21.3 Å². The van der Waals surface area contributed by atoms with Crippen molar-refractivity contribution in [1.29, 1.82) is 0 Å². The minimum Gasteiger partial charge on any atom is -0.493 e. The molecule has 6 nitrogen and oxygen atoms in total. The van der Waals surface area contributed by atoms with Crippen LogP contribution in [0.15, 0.2) is 30.3 Å². The molecule has 0 atom stereocenters. The Hall–Kier alpha value is -2.51. The van der Waals surface area contributed by atoms with E-state index in [-0.39, 0.29) is 0 Å². The molecule has 1 aliphatic rings. The number of rotatable bonds is 7. The number of hydrogen-bond acceptors (Lipinski definition) is 5. The molecule has 0 amide bonds. The third kappa shape index (κ3) is 6.02. The van der Waals surface area contributed by atoms with Gasteiger partial charge in [-0.3, -0.25) is 4.90 Å². The molecule has 2 N–H and O–H groups in total. The van der Waals surface area contributed by atoms with E-state index >= 15 is 0 Å². The molecule has 3 rings (SSSR count). The second-order valence-electron chi connectivity index (χ2n) is 8.00. The van der Waals surface area contributed by atoms with E-state index in [1.807, 2.05) is 12.1 Å². The van der Waals surface area contributed by atoms with Gasteiger partial charge in [-0.2, -0.15) is 0 Å². The van der Waals surface area contributed by atoms with Crippen molar-refractivity contribution in [2.45, 2.75) is 39.3 Å². The van der Waals surface area contributed by atoms with Crippen LogP contribution in [-0.2, 0) is 6.54 Å². The number of ether oxygens (including phenoxy) is 3. The third-order valence-electron chi connectivity index (χ3n) is 5.69. The molecule has 7 heteroatoms. The lowest BCUT2D eigenvalue weighted by atomic mass is 10.0. The lowest BCUT2D eigenvalue weighted by Gasteiger charge is -2.33. The lowest BCUT2D eigenvalue weighted by molar-refractivity contribution is 0.198. The first-order valence-electron chi connectivity index (χ1n) is 10.6. The summed E-state index contributed by atoms with van der Waals surface area (Å²) in [5, 5.41) is 7.53. The van der Waals surface area contributed by atoms with E-state index in [4.69, 9.17) is 26.4 Å². The first-order chi connectivity index (χ1) is 14.9. The Labute approximate surface area is 190 Å². The van der Waals surface area contributed by atoms with Crippen molar-refractivity contribution in [3.8, 4) is 17.2 Å². The predicted octanol–water partition coefficient (Wildman–Crippen LogP) is 4.28. The van der Waals surface area contributed by atoms with Crippen molar-refractivity contribution >= 4 is 23.0 Å². The van der Waals surface area contributed by atoms with Crippen molar-refractivity contribution in [1.82, 2.24) is 10.2 Å². The molecule has 1 saturated heterocycles. The minimum atomic E-state index is 0.376. The summed E-state index contributed by atoms with van der Waals surface area (Å²) in [5.74, 6) is 2.01. The Kier molecular flexibility index (Phi) is 7.98. The molecule has 0 spiro atoms. The SMILES string of the molecule is COc1cc(CN2CCC(NC(=S)Nc3cc(C)ccc3C)CC2)cc(OC)c1OC. The molecule has 2 aromatic rings. The number of benzene rings is 2. The summed E-state index contributed by atoms with van der Waals surface area (Å²) in [5.41, 5.74) is 4.62. The molecule has 2 aromatic carbocycles. The molecule has 0 aromatic heterocycles. The Morgan fingerprint density at radius 3 is 2.23 bits per heavy atom. The highest BCUT2D eigenvalue weighted by atomic mass is 32.1. The first-order valence-corrected chi connectivity index (χ1v) is 11.0. The quantitative estimate of drug-likeness (QED) is 0.620. The van der Waals surface area contributed by atoms with Crippen LogP contribution in [0, 0.1) is 13.8 Å². The standard InChI is InChI=1S/C24H33N3O3S/c1-16-6-7-17(2)20(12-16)26-24(31)25-19-8-10-27(11-9-19)15-18-13-21(28-3)23(30-5)22(14-18)29-4/h6-7,12-14,19H,8-11,15H2,1-5H3,(H2,25,26,31). The van der Waals surface area contributed by atoms with Crippen molar-refractivity contribution in [2.24, 2.45) is 0 Å². The first kappa shape index (κ1) is 23.2. The largest absolute Gasteiger partial charge is 0.493 e. The number of hydrogen-bond donors (Lipinski definition) is 2. The Bertz CT molecular complexity index is 886. The van der Waals surface area contributed by atoms with Crippen molar-refractivity contribution in [3.63, 3.8) is 0 Å². The molecular weight excluding hydrogens is 410 g/mol. The number of nitrogens with one attached hydrogen (secondary N) is 2. The summed E-state index contributed by atoms with van der Waals surface area (Å²) in [6.07, 6.45) is 2.08. The third-order valence-corrected chi connectivity index (χ3v) is 5.91. The second kappa shape index (κ2) is 10.7. The van der Waals surface area contributed by atoms with Gasteiger partial charge < -0.3 is 24.8 Å². The van der Waals surface area contributed by atoms with Gasteiger partial charge in [-0.1, -0.05) is 12.1 Å². The molecule has 0 saturated carbocycles. The monoisotopic (exact) mass is 443 g/mol. The number of thiocarbonyl (C=S) groups is 1. The van der Waals surface area contributed by atoms with Gasteiger partial charge in [0.2, 0.25) is 5.75 Å².